The number of rotatable bonds is 15. The lowest BCUT2D eigenvalue weighted by Gasteiger charge is -2.49. The van der Waals surface area contributed by atoms with Crippen molar-refractivity contribution in [1.82, 2.24) is 0 Å². The number of allylic oxidation sites excluding steroid dienone is 2. The molecule has 7 heteroatoms. The summed E-state index contributed by atoms with van der Waals surface area (Å²) in [5.41, 5.74) is -3.66. The minimum Gasteiger partial charge on any atom is -0.454 e. The Morgan fingerprint density at radius 2 is 1.64 bits per heavy atom. The lowest BCUT2D eigenvalue weighted by molar-refractivity contribution is -0.323. The Labute approximate surface area is 271 Å². The van der Waals surface area contributed by atoms with Gasteiger partial charge >= 0.3 is 5.97 Å². The highest BCUT2D eigenvalue weighted by Crippen LogP contribution is 2.75. The number of ketones is 1. The van der Waals surface area contributed by atoms with E-state index in [9.17, 15) is 19.8 Å². The van der Waals surface area contributed by atoms with E-state index in [-0.39, 0.29) is 17.6 Å². The summed E-state index contributed by atoms with van der Waals surface area (Å²) in [5.74, 6) is -1.71. The van der Waals surface area contributed by atoms with Crippen LogP contribution < -0.4 is 0 Å². The van der Waals surface area contributed by atoms with Gasteiger partial charge in [-0.25, -0.2) is 0 Å². The van der Waals surface area contributed by atoms with Gasteiger partial charge < -0.3 is 19.8 Å². The first-order valence-electron chi connectivity index (χ1n) is 17.6. The molecule has 4 aliphatic rings. The Hall–Kier alpha value is -1.96. The zero-order valence-corrected chi connectivity index (χ0v) is 29.4. The van der Waals surface area contributed by atoms with E-state index in [0.29, 0.717) is 29.7 Å². The molecule has 2 fully saturated rings. The average Bonchev–Trinajstić information content (AvgIpc) is 3.40. The lowest BCUT2D eigenvalue weighted by Crippen LogP contribution is -2.65. The Bertz CT molecular complexity index is 1200. The minimum absolute atomic E-state index is 0.0342. The van der Waals surface area contributed by atoms with E-state index in [2.05, 4.69) is 27.4 Å². The summed E-state index contributed by atoms with van der Waals surface area (Å²) >= 11 is 0. The number of Topliss-reactive ketones (excluding diaryl/α,β-unsaturated/α-hetero) is 1. The van der Waals surface area contributed by atoms with Crippen molar-refractivity contribution in [2.75, 3.05) is 0 Å². The number of esters is 1. The molecule has 2 unspecified atom stereocenters. The molecule has 0 radical (unpaired) electrons. The maximum Gasteiger partial charge on any atom is 0.309 e. The fourth-order valence-electron chi connectivity index (χ4n) is 8.95. The number of hydrogen-bond donors (Lipinski definition) is 2. The molecule has 0 heterocycles. The number of aliphatic hydroxyl groups is 2. The summed E-state index contributed by atoms with van der Waals surface area (Å²) < 4.78 is 6.02. The van der Waals surface area contributed by atoms with E-state index in [1.165, 1.54) is 38.5 Å². The van der Waals surface area contributed by atoms with Crippen LogP contribution in [0.2, 0.25) is 0 Å². The van der Waals surface area contributed by atoms with Gasteiger partial charge in [0.05, 0.1) is 11.3 Å². The van der Waals surface area contributed by atoms with Gasteiger partial charge in [0, 0.05) is 23.7 Å². The van der Waals surface area contributed by atoms with Crippen molar-refractivity contribution in [3.05, 3.63) is 35.6 Å². The van der Waals surface area contributed by atoms with Gasteiger partial charge in [-0.3, -0.25) is 9.59 Å². The molecule has 9 atom stereocenters. The van der Waals surface area contributed by atoms with Gasteiger partial charge in [-0.05, 0) is 49.7 Å². The van der Waals surface area contributed by atoms with Gasteiger partial charge in [0.15, 0.2) is 17.5 Å². The lowest BCUT2D eigenvalue weighted by atomic mass is 9.59. The highest BCUT2D eigenvalue weighted by Gasteiger charge is 2.83. The largest absolute Gasteiger partial charge is 0.454 e. The van der Waals surface area contributed by atoms with Crippen LogP contribution in [0.15, 0.2) is 35.6 Å². The number of aliphatic hydroxyl groups excluding tert-OH is 1. The molecular weight excluding hydrogens is 568 g/mol. The monoisotopic (exact) mass is 628 g/mol. The second-order valence-corrected chi connectivity index (χ2v) is 15.8. The normalized spacial score (nSPS) is 37.1. The maximum absolute atomic E-state index is 14.9. The van der Waals surface area contributed by atoms with Crippen molar-refractivity contribution < 1.29 is 34.3 Å². The molecule has 0 saturated heterocycles. The first kappa shape index (κ1) is 35.9. The van der Waals surface area contributed by atoms with Crippen LogP contribution in [-0.2, 0) is 24.1 Å². The number of carbonyl (C=O) groups excluding carboxylic acids is 2. The number of hydrogen-bond acceptors (Lipinski definition) is 7. The van der Waals surface area contributed by atoms with Crippen LogP contribution in [0.1, 0.15) is 127 Å². The molecule has 45 heavy (non-hydrogen) atoms. The van der Waals surface area contributed by atoms with E-state index in [4.69, 9.17) is 14.5 Å². The SMILES string of the molecule is C=C(CCCCCCCCCC)OO[C@@]12C[C@@H](C)C34C=C(C)[C@H](OC(=O)C(C)C(C)C)[C@@]3(O)[C@H](O)C(C)=C[C@H](C4=O)[C@@H]1C2(C)C. The molecule has 4 rings (SSSR count). The fraction of sp³-hybridized carbons (Fsp3) is 0.789. The van der Waals surface area contributed by atoms with Crippen LogP contribution in [0.3, 0.4) is 0 Å². The maximum atomic E-state index is 14.9. The van der Waals surface area contributed by atoms with Crippen LogP contribution in [0.4, 0.5) is 0 Å². The number of ether oxygens (including phenoxy) is 1. The molecular formula is C38H60O7. The molecule has 2 bridgehead atoms. The van der Waals surface area contributed by atoms with Crippen LogP contribution in [0.5, 0.6) is 0 Å². The molecule has 0 aliphatic heterocycles. The highest BCUT2D eigenvalue weighted by atomic mass is 17.2. The van der Waals surface area contributed by atoms with Crippen molar-refractivity contribution in [1.29, 1.82) is 0 Å². The molecule has 254 valence electrons. The fourth-order valence-corrected chi connectivity index (χ4v) is 8.95. The quantitative estimate of drug-likeness (QED) is 0.0476. The smallest absolute Gasteiger partial charge is 0.309 e. The molecule has 2 saturated carbocycles. The van der Waals surface area contributed by atoms with Crippen molar-refractivity contribution in [2.24, 2.45) is 40.4 Å². The predicted octanol–water partition coefficient (Wildman–Crippen LogP) is 7.80. The molecule has 7 nitrogen and oxygen atoms in total. The predicted molar refractivity (Wildman–Crippen MR) is 176 cm³/mol. The van der Waals surface area contributed by atoms with Crippen LogP contribution in [0.25, 0.3) is 0 Å². The number of unbranched alkanes of at least 4 members (excludes halogenated alkanes) is 7. The molecule has 0 aromatic heterocycles. The summed E-state index contributed by atoms with van der Waals surface area (Å²) in [6.45, 7) is 21.7. The molecule has 4 aliphatic carbocycles. The second kappa shape index (κ2) is 13.3. The third-order valence-electron chi connectivity index (χ3n) is 12.2. The summed E-state index contributed by atoms with van der Waals surface area (Å²) in [5, 5.41) is 24.5. The number of carbonyl (C=O) groups is 2. The van der Waals surface area contributed by atoms with Crippen molar-refractivity contribution in [2.45, 2.75) is 150 Å². The van der Waals surface area contributed by atoms with Gasteiger partial charge in [-0.2, -0.15) is 4.89 Å². The van der Waals surface area contributed by atoms with Crippen LogP contribution in [0, 0.1) is 40.4 Å². The van der Waals surface area contributed by atoms with E-state index in [0.717, 1.165) is 12.8 Å². The summed E-state index contributed by atoms with van der Waals surface area (Å²) in [6, 6.07) is 0. The number of fused-ring (bicyclic) bond motifs is 3. The zero-order valence-electron chi connectivity index (χ0n) is 29.4. The molecule has 0 aromatic carbocycles. The van der Waals surface area contributed by atoms with Gasteiger partial charge in [0.25, 0.3) is 0 Å². The Balaban J connectivity index is 1.56. The molecule has 2 N–H and O–H groups in total. The Morgan fingerprint density at radius 3 is 2.24 bits per heavy atom. The van der Waals surface area contributed by atoms with Crippen LogP contribution in [-0.4, -0.2) is 45.4 Å². The van der Waals surface area contributed by atoms with E-state index < -0.39 is 58.0 Å². The van der Waals surface area contributed by atoms with Gasteiger partial charge in [-0.15, -0.1) is 0 Å². The van der Waals surface area contributed by atoms with E-state index in [1.807, 2.05) is 26.8 Å². The van der Waals surface area contributed by atoms with E-state index >= 15 is 0 Å². The molecule has 1 spiro atoms. The zero-order chi connectivity index (χ0) is 33.5. The first-order valence-corrected chi connectivity index (χ1v) is 17.6. The first-order chi connectivity index (χ1) is 21.0. The third-order valence-corrected chi connectivity index (χ3v) is 12.2. The minimum atomic E-state index is -2.06. The third kappa shape index (κ3) is 5.77. The van der Waals surface area contributed by atoms with E-state index in [1.54, 1.807) is 26.8 Å². The topological polar surface area (TPSA) is 102 Å². The van der Waals surface area contributed by atoms with Gasteiger partial charge in [-0.1, -0.05) is 112 Å². The second-order valence-electron chi connectivity index (χ2n) is 15.8. The van der Waals surface area contributed by atoms with Gasteiger partial charge in [0.2, 0.25) is 0 Å². The summed E-state index contributed by atoms with van der Waals surface area (Å²) in [4.78, 5) is 40.4. The Morgan fingerprint density at radius 1 is 1.04 bits per heavy atom. The average molecular weight is 629 g/mol. The van der Waals surface area contributed by atoms with Crippen LogP contribution >= 0.6 is 0 Å². The Kier molecular flexibility index (Phi) is 10.6. The highest BCUT2D eigenvalue weighted by molar-refractivity contribution is 5.95. The van der Waals surface area contributed by atoms with Crippen molar-refractivity contribution in [3.8, 4) is 0 Å². The van der Waals surface area contributed by atoms with Crippen molar-refractivity contribution >= 4 is 11.8 Å². The summed E-state index contributed by atoms with van der Waals surface area (Å²) in [6.07, 6.45) is 11.9. The van der Waals surface area contributed by atoms with Crippen molar-refractivity contribution in [3.63, 3.8) is 0 Å². The van der Waals surface area contributed by atoms with Gasteiger partial charge in [0.1, 0.15) is 17.5 Å². The standard InChI is InChI=1S/C38H60O7/c1-11-12-13-14-15-16-17-18-19-27(7)44-45-37-22-26(6)36-21-25(5)33(43-34(41)28(8)23(2)3)38(36,42)31(39)24(4)20-29(32(36)40)30(37)35(37,9)10/h20-21,23,26,28-31,33,39,42H,7,11-19,22H2,1-6,8-10H3/t26-,28?,29+,30-,31-,33+,36?,37+,38+/m1/s1. The summed E-state index contributed by atoms with van der Waals surface area (Å²) in [7, 11) is 0. The molecule has 0 aromatic rings. The molecule has 0 amide bonds.